The molecule has 2 atom stereocenters. The lowest BCUT2D eigenvalue weighted by Gasteiger charge is -2.36. The molecule has 3 N–H and O–H groups in total. The summed E-state index contributed by atoms with van der Waals surface area (Å²) >= 11 is 0. The molecular weight excluding hydrogens is 252 g/mol. The van der Waals surface area contributed by atoms with Crippen molar-refractivity contribution < 1.29 is 9.84 Å². The molecule has 1 saturated carbocycles. The van der Waals surface area contributed by atoms with Crippen LogP contribution >= 0.6 is 0 Å². The summed E-state index contributed by atoms with van der Waals surface area (Å²) in [6.07, 6.45) is 4.06. The first-order valence-corrected chi connectivity index (χ1v) is 7.46. The zero-order valence-electron chi connectivity index (χ0n) is 12.7. The van der Waals surface area contributed by atoms with Gasteiger partial charge in [-0.3, -0.25) is 0 Å². The van der Waals surface area contributed by atoms with Crippen LogP contribution in [-0.2, 0) is 0 Å². The Kier molecular flexibility index (Phi) is 4.76. The SMILES string of the molecule is CC(C)Oc1cc(N(C)C2CCCCC2O)ccc1N. The molecule has 1 aromatic rings. The first-order valence-electron chi connectivity index (χ1n) is 7.46. The van der Waals surface area contributed by atoms with E-state index in [4.69, 9.17) is 10.5 Å². The summed E-state index contributed by atoms with van der Waals surface area (Å²) in [6, 6.07) is 6.01. The van der Waals surface area contributed by atoms with Crippen LogP contribution in [0.1, 0.15) is 39.5 Å². The molecule has 0 aromatic heterocycles. The first kappa shape index (κ1) is 15.0. The van der Waals surface area contributed by atoms with Gasteiger partial charge in [0, 0.05) is 18.8 Å². The van der Waals surface area contributed by atoms with Crippen LogP contribution in [0.4, 0.5) is 11.4 Å². The Morgan fingerprint density at radius 2 is 2.00 bits per heavy atom. The molecule has 0 saturated heterocycles. The highest BCUT2D eigenvalue weighted by atomic mass is 16.5. The Morgan fingerprint density at radius 1 is 1.30 bits per heavy atom. The van der Waals surface area contributed by atoms with Crippen molar-refractivity contribution >= 4 is 11.4 Å². The van der Waals surface area contributed by atoms with Gasteiger partial charge in [-0.1, -0.05) is 12.8 Å². The molecule has 4 heteroatoms. The Labute approximate surface area is 121 Å². The third kappa shape index (κ3) is 3.37. The highest BCUT2D eigenvalue weighted by Gasteiger charge is 2.27. The number of nitrogens with two attached hydrogens (primary N) is 1. The molecule has 1 aromatic carbocycles. The maximum Gasteiger partial charge on any atom is 0.144 e. The largest absolute Gasteiger partial charge is 0.489 e. The standard InChI is InChI=1S/C16H26N2O2/c1-11(2)20-16-10-12(8-9-13(16)17)18(3)14-6-4-5-7-15(14)19/h8-11,14-15,19H,4-7,17H2,1-3H3. The zero-order valence-corrected chi connectivity index (χ0v) is 12.7. The maximum absolute atomic E-state index is 10.2. The predicted molar refractivity (Wildman–Crippen MR) is 83.3 cm³/mol. The fourth-order valence-electron chi connectivity index (χ4n) is 2.83. The minimum absolute atomic E-state index is 0.0955. The van der Waals surface area contributed by atoms with Gasteiger partial charge in [-0.15, -0.1) is 0 Å². The van der Waals surface area contributed by atoms with Crippen LogP contribution in [0.3, 0.4) is 0 Å². The van der Waals surface area contributed by atoms with E-state index < -0.39 is 0 Å². The summed E-state index contributed by atoms with van der Waals surface area (Å²) in [5.74, 6) is 0.717. The van der Waals surface area contributed by atoms with Gasteiger partial charge in [-0.2, -0.15) is 0 Å². The van der Waals surface area contributed by atoms with Crippen LogP contribution in [0.5, 0.6) is 5.75 Å². The van der Waals surface area contributed by atoms with E-state index in [1.165, 1.54) is 6.42 Å². The number of aliphatic hydroxyl groups excluding tert-OH is 1. The van der Waals surface area contributed by atoms with Crippen molar-refractivity contribution in [2.24, 2.45) is 0 Å². The van der Waals surface area contributed by atoms with Gasteiger partial charge in [0.05, 0.1) is 23.9 Å². The number of benzene rings is 1. The molecule has 2 rings (SSSR count). The fraction of sp³-hybridized carbons (Fsp3) is 0.625. The predicted octanol–water partition coefficient (Wildman–Crippen LogP) is 2.80. The van der Waals surface area contributed by atoms with Crippen molar-refractivity contribution in [3.05, 3.63) is 18.2 Å². The van der Waals surface area contributed by atoms with Gasteiger partial charge in [-0.05, 0) is 38.8 Å². The van der Waals surface area contributed by atoms with E-state index >= 15 is 0 Å². The minimum Gasteiger partial charge on any atom is -0.489 e. The van der Waals surface area contributed by atoms with Gasteiger partial charge in [0.1, 0.15) is 5.75 Å². The van der Waals surface area contributed by atoms with E-state index in [1.807, 2.05) is 39.1 Å². The number of likely N-dealkylation sites (N-methyl/N-ethyl adjacent to an activating group) is 1. The maximum atomic E-state index is 10.2. The summed E-state index contributed by atoms with van der Waals surface area (Å²) in [5.41, 5.74) is 7.65. The lowest BCUT2D eigenvalue weighted by atomic mass is 9.91. The molecular formula is C16H26N2O2. The third-order valence-electron chi connectivity index (χ3n) is 3.96. The van der Waals surface area contributed by atoms with E-state index in [9.17, 15) is 5.11 Å². The van der Waals surface area contributed by atoms with Gasteiger partial charge in [0.15, 0.2) is 0 Å². The third-order valence-corrected chi connectivity index (χ3v) is 3.96. The average Bonchev–Trinajstić information content (AvgIpc) is 2.40. The normalized spacial score (nSPS) is 22.9. The summed E-state index contributed by atoms with van der Waals surface area (Å²) in [4.78, 5) is 2.15. The Morgan fingerprint density at radius 3 is 2.65 bits per heavy atom. The van der Waals surface area contributed by atoms with Crippen molar-refractivity contribution in [3.63, 3.8) is 0 Å². The highest BCUT2D eigenvalue weighted by Crippen LogP contribution is 2.32. The summed E-state index contributed by atoms with van der Waals surface area (Å²) in [6.45, 7) is 3.97. The quantitative estimate of drug-likeness (QED) is 0.832. The number of hydrogen-bond acceptors (Lipinski definition) is 4. The molecule has 112 valence electrons. The second kappa shape index (κ2) is 6.35. The Hall–Kier alpha value is -1.42. The number of rotatable bonds is 4. The van der Waals surface area contributed by atoms with Crippen LogP contribution in [-0.4, -0.2) is 30.4 Å². The van der Waals surface area contributed by atoms with Crippen molar-refractivity contribution in [1.82, 2.24) is 0 Å². The van der Waals surface area contributed by atoms with Gasteiger partial charge in [0.2, 0.25) is 0 Å². The zero-order chi connectivity index (χ0) is 14.7. The molecule has 0 spiro atoms. The number of nitrogens with zero attached hydrogens (tertiary/aromatic N) is 1. The van der Waals surface area contributed by atoms with E-state index in [0.717, 1.165) is 30.7 Å². The van der Waals surface area contributed by atoms with Gasteiger partial charge in [-0.25, -0.2) is 0 Å². The van der Waals surface area contributed by atoms with Crippen LogP contribution in [0.25, 0.3) is 0 Å². The molecule has 0 heterocycles. The molecule has 1 aliphatic carbocycles. The first-order chi connectivity index (χ1) is 9.49. The smallest absolute Gasteiger partial charge is 0.144 e. The van der Waals surface area contributed by atoms with E-state index in [0.29, 0.717) is 5.69 Å². The molecule has 0 amide bonds. The van der Waals surface area contributed by atoms with Crippen molar-refractivity contribution in [2.75, 3.05) is 17.7 Å². The number of hydrogen-bond donors (Lipinski definition) is 2. The molecule has 1 aliphatic rings. The molecule has 1 fully saturated rings. The number of nitrogen functional groups attached to an aromatic ring is 1. The molecule has 20 heavy (non-hydrogen) atoms. The molecule has 0 bridgehead atoms. The van der Waals surface area contributed by atoms with Crippen molar-refractivity contribution in [3.8, 4) is 5.75 Å². The van der Waals surface area contributed by atoms with Crippen LogP contribution in [0.15, 0.2) is 18.2 Å². The molecule has 0 radical (unpaired) electrons. The lowest BCUT2D eigenvalue weighted by molar-refractivity contribution is 0.106. The number of ether oxygens (including phenoxy) is 1. The number of aliphatic hydroxyl groups is 1. The van der Waals surface area contributed by atoms with Gasteiger partial charge < -0.3 is 20.5 Å². The van der Waals surface area contributed by atoms with E-state index in [2.05, 4.69) is 4.90 Å². The van der Waals surface area contributed by atoms with Crippen LogP contribution in [0.2, 0.25) is 0 Å². The Balaban J connectivity index is 2.18. The summed E-state index contributed by atoms with van der Waals surface area (Å²) in [5, 5.41) is 10.2. The van der Waals surface area contributed by atoms with Gasteiger partial charge in [0.25, 0.3) is 0 Å². The Bertz CT molecular complexity index is 448. The van der Waals surface area contributed by atoms with Crippen molar-refractivity contribution in [2.45, 2.75) is 57.8 Å². The number of anilines is 2. The molecule has 2 unspecified atom stereocenters. The average molecular weight is 278 g/mol. The van der Waals surface area contributed by atoms with E-state index in [-0.39, 0.29) is 18.2 Å². The second-order valence-electron chi connectivity index (χ2n) is 5.92. The lowest BCUT2D eigenvalue weighted by Crippen LogP contribution is -2.43. The van der Waals surface area contributed by atoms with Crippen molar-refractivity contribution in [1.29, 1.82) is 0 Å². The monoisotopic (exact) mass is 278 g/mol. The van der Waals surface area contributed by atoms with Crippen LogP contribution < -0.4 is 15.4 Å². The van der Waals surface area contributed by atoms with Gasteiger partial charge >= 0.3 is 0 Å². The highest BCUT2D eigenvalue weighted by molar-refractivity contribution is 5.62. The molecule has 4 nitrogen and oxygen atoms in total. The fourth-order valence-corrected chi connectivity index (χ4v) is 2.83. The topological polar surface area (TPSA) is 58.7 Å². The van der Waals surface area contributed by atoms with E-state index in [1.54, 1.807) is 0 Å². The molecule has 0 aliphatic heterocycles. The summed E-state index contributed by atoms with van der Waals surface area (Å²) < 4.78 is 5.74. The van der Waals surface area contributed by atoms with Crippen LogP contribution in [0, 0.1) is 0 Å². The second-order valence-corrected chi connectivity index (χ2v) is 5.92. The summed E-state index contributed by atoms with van der Waals surface area (Å²) in [7, 11) is 2.03. The minimum atomic E-state index is -0.249.